The molecule has 4 nitrogen and oxygen atoms in total. The van der Waals surface area contributed by atoms with Crippen LogP contribution < -0.4 is 0 Å². The standard InChI is InChI=1S/C12H13BF3N3O/c1-3-5-8(7-17-13)6-9(4-2)10-18-11(20-19-10)12(14,15)16/h3,5-7H,1,4,13H2,2H3/b8-5+,9-6+,17-7-. The molecule has 8 heteroatoms. The molecule has 0 saturated heterocycles. The Labute approximate surface area is 115 Å². The molecular formula is C12H13BF3N3O. The van der Waals surface area contributed by atoms with E-state index in [1.807, 2.05) is 0 Å². The van der Waals surface area contributed by atoms with Crippen LogP contribution in [0.1, 0.15) is 25.1 Å². The molecular weight excluding hydrogens is 270 g/mol. The molecule has 0 spiro atoms. The normalized spacial score (nSPS) is 14.0. The van der Waals surface area contributed by atoms with Crippen LogP contribution >= 0.6 is 0 Å². The van der Waals surface area contributed by atoms with Gasteiger partial charge in [0, 0.05) is 11.8 Å². The maximum Gasteiger partial charge on any atom is 0.471 e. The van der Waals surface area contributed by atoms with Gasteiger partial charge in [0.2, 0.25) is 7.98 Å². The van der Waals surface area contributed by atoms with Gasteiger partial charge in [0.15, 0.2) is 5.82 Å². The average Bonchev–Trinajstić information content (AvgIpc) is 2.85. The van der Waals surface area contributed by atoms with Crippen LogP contribution in [-0.4, -0.2) is 24.3 Å². The molecule has 106 valence electrons. The second-order valence-electron chi connectivity index (χ2n) is 3.73. The number of alkyl halides is 3. The van der Waals surface area contributed by atoms with Gasteiger partial charge in [-0.2, -0.15) is 18.2 Å². The summed E-state index contributed by atoms with van der Waals surface area (Å²) in [6, 6.07) is 0. The van der Waals surface area contributed by atoms with Gasteiger partial charge in [0.25, 0.3) is 0 Å². The molecule has 0 atom stereocenters. The second kappa shape index (κ2) is 6.88. The van der Waals surface area contributed by atoms with E-state index >= 15 is 0 Å². The van der Waals surface area contributed by atoms with Gasteiger partial charge in [-0.15, -0.1) is 0 Å². The molecule has 0 aliphatic rings. The second-order valence-corrected chi connectivity index (χ2v) is 3.73. The molecule has 0 N–H and O–H groups in total. The lowest BCUT2D eigenvalue weighted by molar-refractivity contribution is -0.159. The van der Waals surface area contributed by atoms with Crippen molar-refractivity contribution in [1.82, 2.24) is 10.1 Å². The lowest BCUT2D eigenvalue weighted by Gasteiger charge is -1.99. The first-order valence-corrected chi connectivity index (χ1v) is 5.79. The third kappa shape index (κ3) is 4.22. The molecule has 1 heterocycles. The van der Waals surface area contributed by atoms with Gasteiger partial charge in [-0.1, -0.05) is 30.8 Å². The molecule has 0 aromatic carbocycles. The van der Waals surface area contributed by atoms with Crippen molar-refractivity contribution >= 4 is 19.8 Å². The highest BCUT2D eigenvalue weighted by atomic mass is 19.4. The Balaban J connectivity index is 3.15. The van der Waals surface area contributed by atoms with E-state index in [4.69, 9.17) is 0 Å². The zero-order valence-corrected chi connectivity index (χ0v) is 11.1. The average molecular weight is 283 g/mol. The molecule has 1 rings (SSSR count). The number of allylic oxidation sites excluding steroid dienone is 5. The predicted molar refractivity (Wildman–Crippen MR) is 72.9 cm³/mol. The molecule has 0 radical (unpaired) electrons. The van der Waals surface area contributed by atoms with Gasteiger partial charge in [-0.25, -0.2) is 0 Å². The van der Waals surface area contributed by atoms with Crippen LogP contribution in [0.4, 0.5) is 13.2 Å². The third-order valence-electron chi connectivity index (χ3n) is 2.27. The van der Waals surface area contributed by atoms with Crippen LogP contribution in [0, 0.1) is 0 Å². The van der Waals surface area contributed by atoms with E-state index in [2.05, 4.69) is 26.1 Å². The summed E-state index contributed by atoms with van der Waals surface area (Å²) < 4.78 is 41.4. The summed E-state index contributed by atoms with van der Waals surface area (Å²) in [6.45, 7) is 5.34. The van der Waals surface area contributed by atoms with E-state index in [1.165, 1.54) is 0 Å². The monoisotopic (exact) mass is 283 g/mol. The summed E-state index contributed by atoms with van der Waals surface area (Å²) in [6.07, 6.45) is 2.23. The van der Waals surface area contributed by atoms with Gasteiger partial charge >= 0.3 is 12.1 Å². The van der Waals surface area contributed by atoms with Crippen LogP contribution in [0.15, 0.2) is 39.8 Å². The number of rotatable bonds is 5. The van der Waals surface area contributed by atoms with Gasteiger partial charge in [0.1, 0.15) is 0 Å². The van der Waals surface area contributed by atoms with E-state index in [0.717, 1.165) is 0 Å². The molecule has 0 aliphatic carbocycles. The Morgan fingerprint density at radius 2 is 2.20 bits per heavy atom. The minimum absolute atomic E-state index is 0.0840. The molecule has 0 unspecified atom stereocenters. The topological polar surface area (TPSA) is 51.3 Å². The van der Waals surface area contributed by atoms with E-state index in [9.17, 15) is 13.2 Å². The van der Waals surface area contributed by atoms with Crippen LogP contribution in [0.3, 0.4) is 0 Å². The first kappa shape index (κ1) is 15.9. The van der Waals surface area contributed by atoms with Crippen LogP contribution in [0.2, 0.25) is 0 Å². The SMILES string of the molecule is B\N=C/C(=C/C=C)/C=C(\CC)c1noc(C(F)(F)F)n1. The maximum atomic E-state index is 12.4. The van der Waals surface area contributed by atoms with Crippen LogP contribution in [-0.2, 0) is 6.18 Å². The first-order chi connectivity index (χ1) is 9.42. The molecule has 1 aromatic rings. The minimum atomic E-state index is -4.64. The Hall–Kier alpha value is -2.12. The first-order valence-electron chi connectivity index (χ1n) is 5.79. The number of nitrogens with zero attached hydrogens (tertiary/aromatic N) is 3. The Morgan fingerprint density at radius 3 is 2.65 bits per heavy atom. The number of hydrogen-bond donors (Lipinski definition) is 0. The minimum Gasteiger partial charge on any atom is -0.358 e. The molecule has 0 saturated carbocycles. The number of halogens is 3. The summed E-state index contributed by atoms with van der Waals surface area (Å²) in [7, 11) is 1.59. The zero-order chi connectivity index (χ0) is 15.2. The summed E-state index contributed by atoms with van der Waals surface area (Å²) in [4.78, 5) is 7.21. The van der Waals surface area contributed by atoms with Crippen LogP contribution in [0.5, 0.6) is 0 Å². The zero-order valence-electron chi connectivity index (χ0n) is 11.1. The van der Waals surface area contributed by atoms with Crippen molar-refractivity contribution in [3.63, 3.8) is 0 Å². The van der Waals surface area contributed by atoms with E-state index in [-0.39, 0.29) is 5.82 Å². The van der Waals surface area contributed by atoms with E-state index in [1.54, 1.807) is 39.3 Å². The van der Waals surface area contributed by atoms with Gasteiger partial charge < -0.3 is 9.43 Å². The van der Waals surface area contributed by atoms with Crippen molar-refractivity contribution in [2.24, 2.45) is 4.90 Å². The maximum absolute atomic E-state index is 12.4. The van der Waals surface area contributed by atoms with E-state index < -0.39 is 12.1 Å². The van der Waals surface area contributed by atoms with Crippen molar-refractivity contribution in [3.8, 4) is 0 Å². The highest BCUT2D eigenvalue weighted by Gasteiger charge is 2.38. The fraction of sp³-hybridized carbons (Fsp3) is 0.250. The summed E-state index contributed by atoms with van der Waals surface area (Å²) in [5.74, 6) is -1.44. The van der Waals surface area contributed by atoms with Crippen molar-refractivity contribution in [3.05, 3.63) is 42.1 Å². The highest BCUT2D eigenvalue weighted by molar-refractivity contribution is 6.11. The van der Waals surface area contributed by atoms with Crippen molar-refractivity contribution in [2.75, 3.05) is 0 Å². The van der Waals surface area contributed by atoms with Gasteiger partial charge in [-0.05, 0) is 18.1 Å². The fourth-order valence-corrected chi connectivity index (χ4v) is 1.41. The molecule has 0 aliphatic heterocycles. The fourth-order valence-electron chi connectivity index (χ4n) is 1.41. The lowest BCUT2D eigenvalue weighted by Crippen LogP contribution is -2.05. The number of hydrogen-bond acceptors (Lipinski definition) is 4. The molecule has 20 heavy (non-hydrogen) atoms. The third-order valence-corrected chi connectivity index (χ3v) is 2.27. The van der Waals surface area contributed by atoms with Crippen molar-refractivity contribution in [2.45, 2.75) is 19.5 Å². The molecule has 0 bridgehead atoms. The van der Waals surface area contributed by atoms with Gasteiger partial charge in [0.05, 0.1) is 0 Å². The molecule has 1 aromatic heterocycles. The predicted octanol–water partition coefficient (Wildman–Crippen LogP) is 2.61. The Bertz CT molecular complexity index is 559. The Morgan fingerprint density at radius 1 is 1.50 bits per heavy atom. The molecule has 0 amide bonds. The smallest absolute Gasteiger partial charge is 0.358 e. The van der Waals surface area contributed by atoms with Crippen LogP contribution in [0.25, 0.3) is 5.57 Å². The summed E-state index contributed by atoms with van der Waals surface area (Å²) >= 11 is 0. The molecule has 0 fully saturated rings. The largest absolute Gasteiger partial charge is 0.471 e. The summed E-state index contributed by atoms with van der Waals surface area (Å²) in [5.41, 5.74) is 1.19. The van der Waals surface area contributed by atoms with E-state index in [0.29, 0.717) is 17.6 Å². The number of aromatic nitrogens is 2. The van der Waals surface area contributed by atoms with Gasteiger partial charge in [-0.3, -0.25) is 0 Å². The highest BCUT2D eigenvalue weighted by Crippen LogP contribution is 2.29. The van der Waals surface area contributed by atoms with Crippen molar-refractivity contribution in [1.29, 1.82) is 0 Å². The van der Waals surface area contributed by atoms with Crippen molar-refractivity contribution < 1.29 is 17.7 Å². The summed E-state index contributed by atoms with van der Waals surface area (Å²) in [5, 5.41) is 3.36. The Kier molecular flexibility index (Phi) is 5.48. The quantitative estimate of drug-likeness (QED) is 0.474. The lowest BCUT2D eigenvalue weighted by atomic mass is 10.1.